The first-order chi connectivity index (χ1) is 19.7. The van der Waals surface area contributed by atoms with Crippen molar-refractivity contribution >= 4 is 53.1 Å². The molecule has 3 amide bonds. The van der Waals surface area contributed by atoms with Crippen LogP contribution in [0.2, 0.25) is 0 Å². The minimum absolute atomic E-state index is 0.0987. The van der Waals surface area contributed by atoms with Crippen molar-refractivity contribution in [2.75, 3.05) is 32.3 Å². The van der Waals surface area contributed by atoms with Gasteiger partial charge in [0.1, 0.15) is 30.4 Å². The number of aliphatic hydroxyl groups excluding tert-OH is 2. The third-order valence-electron chi connectivity index (χ3n) is 6.40. The quantitative estimate of drug-likeness (QED) is 0.111. The lowest BCUT2D eigenvalue weighted by Gasteiger charge is -2.26. The van der Waals surface area contributed by atoms with Gasteiger partial charge >= 0.3 is 18.7 Å². The summed E-state index contributed by atoms with van der Waals surface area (Å²) >= 11 is 0.687. The summed E-state index contributed by atoms with van der Waals surface area (Å²) in [5.74, 6) is -1.44. The molecule has 0 bridgehead atoms. The minimum Gasteiger partial charge on any atom is -0.479 e. The number of carbonyl (C=O) groups excluding carboxylic acids is 3. The molecule has 7 atom stereocenters. The number of ether oxygens (including phenoxy) is 3. The summed E-state index contributed by atoms with van der Waals surface area (Å²) in [6, 6.07) is -2.64. The number of nitrogens with zero attached hydrogens (tertiary/aromatic N) is 5. The topological polar surface area (TPSA) is 243 Å². The first-order valence-electron chi connectivity index (χ1n) is 12.7. The van der Waals surface area contributed by atoms with E-state index in [9.17, 15) is 29.2 Å². The number of nitrogen functional groups attached to an aromatic ring is 1. The first-order valence-corrected chi connectivity index (χ1v) is 16.0. The van der Waals surface area contributed by atoms with Crippen LogP contribution in [0.15, 0.2) is 6.33 Å². The van der Waals surface area contributed by atoms with Gasteiger partial charge in [0, 0.05) is 12.8 Å². The molecule has 18 nitrogen and oxygen atoms in total. The largest absolute Gasteiger partial charge is 0.479 e. The molecule has 0 saturated carbocycles. The van der Waals surface area contributed by atoms with Gasteiger partial charge < -0.3 is 39.6 Å². The fourth-order valence-corrected chi connectivity index (χ4v) is 8.17. The lowest BCUT2D eigenvalue weighted by molar-refractivity contribution is -0.149. The zero-order valence-electron chi connectivity index (χ0n) is 23.4. The second kappa shape index (κ2) is 12.7. The SMILES string of the molecule is COc1nc(N)nc2c1ncn2C1OC(COP(=O)(N[C@H](C)C(=O)OC(C)C)SC[C@H]2C(=O)NC(=O)N2C)[C@@H](O)[C@H]1O. The molecule has 2 aliphatic rings. The van der Waals surface area contributed by atoms with E-state index in [1.807, 2.05) is 0 Å². The van der Waals surface area contributed by atoms with Gasteiger partial charge in [-0.2, -0.15) is 9.97 Å². The summed E-state index contributed by atoms with van der Waals surface area (Å²) in [7, 11) is 2.78. The lowest BCUT2D eigenvalue weighted by Crippen LogP contribution is -2.37. The maximum atomic E-state index is 13.9. The molecule has 2 aliphatic heterocycles. The number of likely N-dealkylation sites (N-methyl/N-ethyl adjacent to an activating group) is 1. The Kier molecular flexibility index (Phi) is 9.61. The maximum absolute atomic E-state index is 13.9. The summed E-state index contributed by atoms with van der Waals surface area (Å²) in [6.45, 7) is 0.197. The van der Waals surface area contributed by atoms with E-state index in [0.717, 1.165) is 4.90 Å². The third-order valence-corrected chi connectivity index (χ3v) is 10.5. The number of aliphatic hydroxyl groups is 2. The standard InChI is InChI=1S/C22H33N8O10PS/c1-9(2)39-20(34)10(3)28-41(36,42-7-11-17(33)26-22(35)29(11)4)38-6-12-14(31)15(32)19(40-12)30-8-24-13-16(30)25-21(23)27-18(13)37-5/h8-12,14-15,19,31-32H,6-7H2,1-5H3,(H,28,36)(H2,23,25,27)(H,26,33,35)/t10-,11+,12?,14-,15-,19?,41?/m1/s1. The van der Waals surface area contributed by atoms with E-state index in [0.29, 0.717) is 11.4 Å². The van der Waals surface area contributed by atoms with Crippen LogP contribution in [0.5, 0.6) is 5.88 Å². The highest BCUT2D eigenvalue weighted by Gasteiger charge is 2.46. The lowest BCUT2D eigenvalue weighted by atomic mass is 10.1. The smallest absolute Gasteiger partial charge is 0.327 e. The molecular weight excluding hydrogens is 599 g/mol. The van der Waals surface area contributed by atoms with Crippen molar-refractivity contribution in [3.63, 3.8) is 0 Å². The van der Waals surface area contributed by atoms with Gasteiger partial charge in [0.2, 0.25) is 11.8 Å². The van der Waals surface area contributed by atoms with E-state index < -0.39 is 74.0 Å². The molecule has 0 aromatic carbocycles. The van der Waals surface area contributed by atoms with Crippen LogP contribution in [0, 0.1) is 0 Å². The molecule has 2 aromatic rings. The molecule has 4 heterocycles. The van der Waals surface area contributed by atoms with Gasteiger partial charge in [-0.3, -0.25) is 24.0 Å². The number of rotatable bonds is 12. The minimum atomic E-state index is -4.03. The fourth-order valence-electron chi connectivity index (χ4n) is 4.19. The van der Waals surface area contributed by atoms with Crippen molar-refractivity contribution in [3.8, 4) is 5.88 Å². The Morgan fingerprint density at radius 1 is 1.29 bits per heavy atom. The van der Waals surface area contributed by atoms with E-state index in [-0.39, 0.29) is 28.7 Å². The molecule has 3 unspecified atom stereocenters. The second-order valence-electron chi connectivity index (χ2n) is 9.81. The monoisotopic (exact) mass is 632 g/mol. The number of esters is 1. The number of nitrogens with one attached hydrogen (secondary N) is 2. The van der Waals surface area contributed by atoms with Crippen LogP contribution < -0.4 is 20.9 Å². The molecule has 6 N–H and O–H groups in total. The van der Waals surface area contributed by atoms with E-state index in [2.05, 4.69) is 25.4 Å². The molecule has 2 fully saturated rings. The number of methoxy groups -OCH3 is 1. The Hall–Kier alpha value is -3.06. The van der Waals surface area contributed by atoms with Crippen molar-refractivity contribution in [1.29, 1.82) is 0 Å². The Morgan fingerprint density at radius 3 is 2.62 bits per heavy atom. The number of hydrogen-bond acceptors (Lipinski definition) is 15. The normalized spacial score (nSPS) is 26.5. The second-order valence-corrected chi connectivity index (χ2v) is 14.1. The van der Waals surface area contributed by atoms with E-state index in [1.165, 1.54) is 32.0 Å². The molecule has 0 radical (unpaired) electrons. The van der Waals surface area contributed by atoms with Crippen LogP contribution in [-0.4, -0.2) is 116 Å². The van der Waals surface area contributed by atoms with Crippen LogP contribution in [0.25, 0.3) is 11.2 Å². The number of hydrogen-bond donors (Lipinski definition) is 5. The molecule has 2 aromatic heterocycles. The predicted molar refractivity (Wildman–Crippen MR) is 147 cm³/mol. The molecule has 20 heteroatoms. The van der Waals surface area contributed by atoms with E-state index in [4.69, 9.17) is 24.5 Å². The molecule has 2 saturated heterocycles. The summed E-state index contributed by atoms with van der Waals surface area (Å²) in [4.78, 5) is 49.9. The Labute approximate surface area is 243 Å². The number of imide groups is 1. The fraction of sp³-hybridized carbons (Fsp3) is 0.636. The van der Waals surface area contributed by atoms with Crippen molar-refractivity contribution in [2.24, 2.45) is 0 Å². The Morgan fingerprint density at radius 2 is 2.00 bits per heavy atom. The molecule has 0 spiro atoms. The van der Waals surface area contributed by atoms with Gasteiger partial charge in [0.25, 0.3) is 5.91 Å². The number of anilines is 1. The number of urea groups is 1. The van der Waals surface area contributed by atoms with Gasteiger partial charge in [-0.05, 0) is 20.8 Å². The van der Waals surface area contributed by atoms with Gasteiger partial charge in [-0.25, -0.2) is 14.9 Å². The first kappa shape index (κ1) is 31.9. The third kappa shape index (κ3) is 6.61. The molecular formula is C22H33N8O10PS. The molecule has 4 rings (SSSR count). The van der Waals surface area contributed by atoms with Gasteiger partial charge in [0.15, 0.2) is 17.4 Å². The van der Waals surface area contributed by atoms with Gasteiger partial charge in [-0.15, -0.1) is 0 Å². The summed E-state index contributed by atoms with van der Waals surface area (Å²) in [6.07, 6.45) is -4.51. The van der Waals surface area contributed by atoms with E-state index in [1.54, 1.807) is 13.8 Å². The number of imidazole rings is 1. The van der Waals surface area contributed by atoms with Crippen LogP contribution in [-0.2, 0) is 28.2 Å². The Bertz CT molecular complexity index is 1390. The van der Waals surface area contributed by atoms with Gasteiger partial charge in [0.05, 0.1) is 26.1 Å². The van der Waals surface area contributed by atoms with Crippen molar-refractivity contribution in [1.82, 2.24) is 34.8 Å². The van der Waals surface area contributed by atoms with Gasteiger partial charge in [-0.1, -0.05) is 11.4 Å². The van der Waals surface area contributed by atoms with Crippen LogP contribution in [0.3, 0.4) is 0 Å². The van der Waals surface area contributed by atoms with Crippen LogP contribution in [0.1, 0.15) is 27.0 Å². The molecule has 0 aliphatic carbocycles. The average Bonchev–Trinajstić information content (AvgIpc) is 3.54. The summed E-state index contributed by atoms with van der Waals surface area (Å²) in [5.41, 5.74) is 6.17. The molecule has 232 valence electrons. The number of nitrogens with two attached hydrogens (primary N) is 1. The zero-order valence-corrected chi connectivity index (χ0v) is 25.1. The summed E-state index contributed by atoms with van der Waals surface area (Å²) < 4.78 is 37.2. The maximum Gasteiger partial charge on any atom is 0.327 e. The van der Waals surface area contributed by atoms with Crippen LogP contribution >= 0.6 is 18.1 Å². The molecule has 42 heavy (non-hydrogen) atoms. The highest BCUT2D eigenvalue weighted by molar-refractivity contribution is 8.56. The van der Waals surface area contributed by atoms with E-state index >= 15 is 0 Å². The number of carbonyl (C=O) groups is 3. The van der Waals surface area contributed by atoms with Crippen LogP contribution in [0.4, 0.5) is 10.7 Å². The predicted octanol–water partition coefficient (Wildman–Crippen LogP) is -0.626. The zero-order chi connectivity index (χ0) is 30.9. The highest BCUT2D eigenvalue weighted by atomic mass is 32.7. The highest BCUT2D eigenvalue weighted by Crippen LogP contribution is 2.57. The van der Waals surface area contributed by atoms with Crippen molar-refractivity contribution in [2.45, 2.75) is 63.5 Å². The number of amides is 3. The average molecular weight is 633 g/mol. The Balaban J connectivity index is 1.51. The number of aromatic nitrogens is 4. The van der Waals surface area contributed by atoms with Crippen molar-refractivity contribution in [3.05, 3.63) is 6.33 Å². The summed E-state index contributed by atoms with van der Waals surface area (Å²) in [5, 5.41) is 26.3. The van der Waals surface area contributed by atoms with Crippen molar-refractivity contribution < 1.29 is 47.9 Å². The number of fused-ring (bicyclic) bond motifs is 1.